The average Bonchev–Trinajstić information content (AvgIpc) is 2.46. The molecule has 4 nitrogen and oxygen atoms in total. The lowest BCUT2D eigenvalue weighted by Gasteiger charge is -2.33. The second-order valence-electron chi connectivity index (χ2n) is 5.69. The van der Waals surface area contributed by atoms with E-state index in [1.807, 2.05) is 0 Å². The maximum absolute atomic E-state index is 5.76. The number of hydrogen-bond donors (Lipinski definition) is 1. The number of nitrogens with zero attached hydrogens (tertiary/aromatic N) is 2. The average molecular weight is 277 g/mol. The quantitative estimate of drug-likeness (QED) is 0.867. The Kier molecular flexibility index (Phi) is 5.80. The van der Waals surface area contributed by atoms with E-state index < -0.39 is 0 Å². The Morgan fingerprint density at radius 2 is 2.30 bits per heavy atom. The first-order chi connectivity index (χ1) is 9.69. The summed E-state index contributed by atoms with van der Waals surface area (Å²) in [6.07, 6.45) is 2.70. The first-order valence-electron chi connectivity index (χ1n) is 7.75. The van der Waals surface area contributed by atoms with Crippen LogP contribution in [0.5, 0.6) is 0 Å². The van der Waals surface area contributed by atoms with Gasteiger partial charge in [0, 0.05) is 32.3 Å². The Labute approximate surface area is 122 Å². The molecule has 1 saturated heterocycles. The maximum atomic E-state index is 5.76. The van der Waals surface area contributed by atoms with Crippen molar-refractivity contribution in [3.8, 4) is 0 Å². The van der Waals surface area contributed by atoms with Gasteiger partial charge in [0.05, 0.1) is 11.8 Å². The molecule has 1 unspecified atom stereocenters. The van der Waals surface area contributed by atoms with Crippen LogP contribution in [0.25, 0.3) is 0 Å². The van der Waals surface area contributed by atoms with Gasteiger partial charge >= 0.3 is 0 Å². The van der Waals surface area contributed by atoms with Crippen LogP contribution in [0.3, 0.4) is 0 Å². The number of aromatic nitrogens is 1. The molecule has 0 aliphatic carbocycles. The smallest absolute Gasteiger partial charge is 0.128 e. The van der Waals surface area contributed by atoms with E-state index >= 15 is 0 Å². The second-order valence-corrected chi connectivity index (χ2v) is 5.69. The van der Waals surface area contributed by atoms with E-state index in [1.165, 1.54) is 12.8 Å². The van der Waals surface area contributed by atoms with E-state index in [9.17, 15) is 0 Å². The Hall–Kier alpha value is -1.13. The molecular formula is C16H27N3O. The van der Waals surface area contributed by atoms with E-state index in [1.54, 1.807) is 0 Å². The third kappa shape index (κ3) is 4.46. The Balaban J connectivity index is 1.98. The minimum Gasteiger partial charge on any atom is -0.377 e. The summed E-state index contributed by atoms with van der Waals surface area (Å²) in [6, 6.07) is 6.78. The molecule has 112 valence electrons. The fourth-order valence-corrected chi connectivity index (χ4v) is 2.57. The number of hydrogen-bond acceptors (Lipinski definition) is 4. The third-order valence-electron chi connectivity index (χ3n) is 3.59. The van der Waals surface area contributed by atoms with Crippen molar-refractivity contribution in [2.45, 2.75) is 52.3 Å². The first-order valence-corrected chi connectivity index (χ1v) is 7.75. The van der Waals surface area contributed by atoms with Gasteiger partial charge < -0.3 is 15.0 Å². The van der Waals surface area contributed by atoms with Gasteiger partial charge in [0.1, 0.15) is 5.82 Å². The van der Waals surface area contributed by atoms with Gasteiger partial charge in [0.15, 0.2) is 0 Å². The lowest BCUT2D eigenvalue weighted by molar-refractivity contribution is 0.0525. The second kappa shape index (κ2) is 7.60. The largest absolute Gasteiger partial charge is 0.377 e. The highest BCUT2D eigenvalue weighted by molar-refractivity contribution is 5.40. The van der Waals surface area contributed by atoms with E-state index in [0.29, 0.717) is 12.1 Å². The van der Waals surface area contributed by atoms with Crippen LogP contribution in [0.4, 0.5) is 5.82 Å². The van der Waals surface area contributed by atoms with E-state index in [4.69, 9.17) is 9.72 Å². The molecule has 1 aromatic rings. The molecule has 1 aliphatic heterocycles. The molecule has 1 aliphatic rings. The molecule has 1 aromatic heterocycles. The van der Waals surface area contributed by atoms with E-state index in [2.05, 4.69) is 49.2 Å². The van der Waals surface area contributed by atoms with Crippen LogP contribution < -0.4 is 10.2 Å². The Morgan fingerprint density at radius 3 is 3.05 bits per heavy atom. The van der Waals surface area contributed by atoms with Crippen LogP contribution in [-0.4, -0.2) is 36.8 Å². The van der Waals surface area contributed by atoms with E-state index in [0.717, 1.165) is 37.8 Å². The van der Waals surface area contributed by atoms with Crippen LogP contribution in [0.2, 0.25) is 0 Å². The zero-order valence-electron chi connectivity index (χ0n) is 12.9. The van der Waals surface area contributed by atoms with Crippen LogP contribution >= 0.6 is 0 Å². The molecule has 0 aromatic carbocycles. The van der Waals surface area contributed by atoms with Gasteiger partial charge in [-0.3, -0.25) is 0 Å². The highest BCUT2D eigenvalue weighted by atomic mass is 16.5. The van der Waals surface area contributed by atoms with Crippen molar-refractivity contribution in [2.24, 2.45) is 0 Å². The minimum atomic E-state index is 0.355. The Bertz CT molecular complexity index is 406. The summed E-state index contributed by atoms with van der Waals surface area (Å²) < 4.78 is 5.76. The number of rotatable bonds is 6. The summed E-state index contributed by atoms with van der Waals surface area (Å²) in [5.74, 6) is 1.08. The molecular weight excluding hydrogens is 250 g/mol. The number of pyridine rings is 1. The third-order valence-corrected chi connectivity index (χ3v) is 3.59. The lowest BCUT2D eigenvalue weighted by atomic mass is 10.1. The summed E-state index contributed by atoms with van der Waals surface area (Å²) in [6.45, 7) is 10.0. The van der Waals surface area contributed by atoms with Gasteiger partial charge in [-0.05, 0) is 31.9 Å². The monoisotopic (exact) mass is 277 g/mol. The van der Waals surface area contributed by atoms with Crippen molar-refractivity contribution in [1.82, 2.24) is 10.3 Å². The van der Waals surface area contributed by atoms with Crippen molar-refractivity contribution in [1.29, 1.82) is 0 Å². The molecule has 4 heteroatoms. The highest BCUT2D eigenvalue weighted by Gasteiger charge is 2.21. The molecule has 1 fully saturated rings. The summed E-state index contributed by atoms with van der Waals surface area (Å²) >= 11 is 0. The Morgan fingerprint density at radius 1 is 1.45 bits per heavy atom. The fourth-order valence-electron chi connectivity index (χ4n) is 2.57. The summed E-state index contributed by atoms with van der Waals surface area (Å²) in [4.78, 5) is 7.12. The summed E-state index contributed by atoms with van der Waals surface area (Å²) in [5.41, 5.74) is 1.11. The molecule has 1 atom stereocenters. The molecule has 2 rings (SSSR count). The number of ether oxygens (including phenoxy) is 1. The van der Waals surface area contributed by atoms with Crippen molar-refractivity contribution in [2.75, 3.05) is 24.6 Å². The topological polar surface area (TPSA) is 37.4 Å². The van der Waals surface area contributed by atoms with Gasteiger partial charge in [-0.2, -0.15) is 0 Å². The number of nitrogens with one attached hydrogen (secondary N) is 1. The number of anilines is 1. The standard InChI is InChI=1S/C16H27N3O/c1-4-20-15-8-6-10-19(12-15)16-9-5-7-14(18-16)11-17-13(2)3/h5,7,9,13,15,17H,4,6,8,10-12H2,1-3H3. The molecule has 0 bridgehead atoms. The molecule has 0 spiro atoms. The first kappa shape index (κ1) is 15.3. The maximum Gasteiger partial charge on any atom is 0.128 e. The van der Waals surface area contributed by atoms with Crippen molar-refractivity contribution >= 4 is 5.82 Å². The number of piperidine rings is 1. The normalized spacial score (nSPS) is 19.6. The van der Waals surface area contributed by atoms with Crippen LogP contribution in [0, 0.1) is 0 Å². The summed E-state index contributed by atoms with van der Waals surface area (Å²) in [5, 5.41) is 3.42. The molecule has 20 heavy (non-hydrogen) atoms. The van der Waals surface area contributed by atoms with Crippen molar-refractivity contribution in [3.05, 3.63) is 23.9 Å². The predicted molar refractivity (Wildman–Crippen MR) is 83.1 cm³/mol. The lowest BCUT2D eigenvalue weighted by Crippen LogP contribution is -2.40. The SMILES string of the molecule is CCOC1CCCN(c2cccc(CNC(C)C)n2)C1. The zero-order valence-corrected chi connectivity index (χ0v) is 12.9. The molecule has 0 radical (unpaired) electrons. The van der Waals surface area contributed by atoms with Gasteiger partial charge in [-0.15, -0.1) is 0 Å². The van der Waals surface area contributed by atoms with Crippen molar-refractivity contribution < 1.29 is 4.74 Å². The van der Waals surface area contributed by atoms with Crippen LogP contribution in [0.15, 0.2) is 18.2 Å². The van der Waals surface area contributed by atoms with Gasteiger partial charge in [-0.1, -0.05) is 19.9 Å². The van der Waals surface area contributed by atoms with Gasteiger partial charge in [-0.25, -0.2) is 4.98 Å². The molecule has 1 N–H and O–H groups in total. The molecule has 0 amide bonds. The molecule has 0 saturated carbocycles. The molecule has 2 heterocycles. The minimum absolute atomic E-state index is 0.355. The van der Waals surface area contributed by atoms with Gasteiger partial charge in [0.2, 0.25) is 0 Å². The fraction of sp³-hybridized carbons (Fsp3) is 0.688. The predicted octanol–water partition coefficient (Wildman–Crippen LogP) is 2.58. The van der Waals surface area contributed by atoms with E-state index in [-0.39, 0.29) is 0 Å². The highest BCUT2D eigenvalue weighted by Crippen LogP contribution is 2.19. The van der Waals surface area contributed by atoms with Crippen LogP contribution in [-0.2, 0) is 11.3 Å². The van der Waals surface area contributed by atoms with Crippen molar-refractivity contribution in [3.63, 3.8) is 0 Å². The zero-order chi connectivity index (χ0) is 14.4. The van der Waals surface area contributed by atoms with Gasteiger partial charge in [0.25, 0.3) is 0 Å². The van der Waals surface area contributed by atoms with Crippen LogP contribution in [0.1, 0.15) is 39.3 Å². The summed E-state index contributed by atoms with van der Waals surface area (Å²) in [7, 11) is 0.